The van der Waals surface area contributed by atoms with E-state index in [1.54, 1.807) is 30.5 Å². The molecular weight excluding hydrogens is 205 g/mol. The maximum absolute atomic E-state index is 13.3. The molecule has 0 fully saturated rings. The van der Waals surface area contributed by atoms with Crippen LogP contribution in [-0.4, -0.2) is 4.98 Å². The van der Waals surface area contributed by atoms with E-state index in [0.29, 0.717) is 17.2 Å². The summed E-state index contributed by atoms with van der Waals surface area (Å²) in [5.74, 6) is 0.219. The van der Waals surface area contributed by atoms with Crippen molar-refractivity contribution in [1.82, 2.24) is 4.98 Å². The Bertz CT molecular complexity index is 511. The van der Waals surface area contributed by atoms with Crippen molar-refractivity contribution in [2.75, 3.05) is 11.1 Å². The normalized spacial score (nSPS) is 10.1. The lowest BCUT2D eigenvalue weighted by Crippen LogP contribution is -1.98. The zero-order chi connectivity index (χ0) is 11.5. The van der Waals surface area contributed by atoms with Gasteiger partial charge in [-0.15, -0.1) is 0 Å². The van der Waals surface area contributed by atoms with Crippen molar-refractivity contribution in [1.29, 1.82) is 0 Å². The first-order valence-corrected chi connectivity index (χ1v) is 4.90. The summed E-state index contributed by atoms with van der Waals surface area (Å²) in [6.45, 7) is 1.87. The van der Waals surface area contributed by atoms with Crippen LogP contribution < -0.4 is 11.1 Å². The van der Waals surface area contributed by atoms with Crippen molar-refractivity contribution < 1.29 is 4.39 Å². The van der Waals surface area contributed by atoms with Crippen LogP contribution in [0.5, 0.6) is 0 Å². The summed E-state index contributed by atoms with van der Waals surface area (Å²) in [5, 5.41) is 2.87. The third kappa shape index (κ3) is 2.11. The van der Waals surface area contributed by atoms with E-state index in [0.717, 1.165) is 5.56 Å². The molecule has 3 N–H and O–H groups in total. The van der Waals surface area contributed by atoms with Gasteiger partial charge in [0, 0.05) is 18.0 Å². The maximum atomic E-state index is 13.3. The fourth-order valence-electron chi connectivity index (χ4n) is 1.31. The van der Waals surface area contributed by atoms with Gasteiger partial charge in [0.15, 0.2) is 0 Å². The summed E-state index contributed by atoms with van der Waals surface area (Å²) in [5.41, 5.74) is 7.66. The van der Waals surface area contributed by atoms with Crippen molar-refractivity contribution in [3.05, 3.63) is 47.9 Å². The van der Waals surface area contributed by atoms with Gasteiger partial charge < -0.3 is 11.1 Å². The maximum Gasteiger partial charge on any atom is 0.146 e. The second-order valence-electron chi connectivity index (χ2n) is 3.53. The second-order valence-corrected chi connectivity index (χ2v) is 3.53. The molecule has 0 unspecified atom stereocenters. The zero-order valence-electron chi connectivity index (χ0n) is 8.87. The van der Waals surface area contributed by atoms with Gasteiger partial charge in [0.2, 0.25) is 0 Å². The summed E-state index contributed by atoms with van der Waals surface area (Å²) in [6.07, 6.45) is 1.65. The molecule has 0 saturated carbocycles. The number of nitrogens with two attached hydrogens (primary N) is 1. The fourth-order valence-corrected chi connectivity index (χ4v) is 1.31. The van der Waals surface area contributed by atoms with Crippen LogP contribution in [0.4, 0.5) is 21.6 Å². The zero-order valence-corrected chi connectivity index (χ0v) is 8.87. The molecule has 0 aliphatic carbocycles. The molecule has 1 aromatic carbocycles. The Balaban J connectivity index is 2.28. The number of rotatable bonds is 2. The first-order chi connectivity index (χ1) is 7.66. The second kappa shape index (κ2) is 4.18. The minimum atomic E-state index is -0.316. The molecule has 0 aliphatic heterocycles. The quantitative estimate of drug-likeness (QED) is 0.813. The van der Waals surface area contributed by atoms with Crippen molar-refractivity contribution in [3.63, 3.8) is 0 Å². The van der Waals surface area contributed by atoms with E-state index in [9.17, 15) is 4.39 Å². The van der Waals surface area contributed by atoms with Gasteiger partial charge >= 0.3 is 0 Å². The van der Waals surface area contributed by atoms with Gasteiger partial charge in [-0.1, -0.05) is 12.1 Å². The highest BCUT2D eigenvalue weighted by molar-refractivity contribution is 5.61. The van der Waals surface area contributed by atoms with E-state index in [4.69, 9.17) is 5.73 Å². The molecule has 1 aromatic heterocycles. The number of hydrogen-bond donors (Lipinski definition) is 2. The number of halogens is 1. The Morgan fingerprint density at radius 3 is 2.75 bits per heavy atom. The molecule has 0 atom stereocenters. The number of aromatic nitrogens is 1. The third-order valence-electron chi connectivity index (χ3n) is 2.28. The highest BCUT2D eigenvalue weighted by Crippen LogP contribution is 2.20. The van der Waals surface area contributed by atoms with E-state index in [1.165, 1.54) is 6.07 Å². The van der Waals surface area contributed by atoms with Crippen LogP contribution in [0.15, 0.2) is 36.5 Å². The lowest BCUT2D eigenvalue weighted by atomic mass is 10.2. The summed E-state index contributed by atoms with van der Waals surface area (Å²) in [6, 6.07) is 8.11. The molecule has 0 amide bonds. The van der Waals surface area contributed by atoms with Crippen LogP contribution in [0.3, 0.4) is 0 Å². The first kappa shape index (κ1) is 10.4. The molecule has 1 heterocycles. The molecule has 3 nitrogen and oxygen atoms in total. The lowest BCUT2D eigenvalue weighted by Gasteiger charge is -2.08. The average Bonchev–Trinajstić information content (AvgIpc) is 2.27. The predicted octanol–water partition coefficient (Wildman–Crippen LogP) is 2.85. The number of pyridine rings is 1. The van der Waals surface area contributed by atoms with Crippen molar-refractivity contribution in [2.24, 2.45) is 0 Å². The molecule has 2 rings (SSSR count). The third-order valence-corrected chi connectivity index (χ3v) is 2.28. The van der Waals surface area contributed by atoms with E-state index in [-0.39, 0.29) is 5.82 Å². The number of hydrogen-bond acceptors (Lipinski definition) is 3. The minimum Gasteiger partial charge on any atom is -0.398 e. The number of nitrogens with one attached hydrogen (secondary N) is 1. The van der Waals surface area contributed by atoms with Gasteiger partial charge in [-0.25, -0.2) is 9.37 Å². The summed E-state index contributed by atoms with van der Waals surface area (Å²) >= 11 is 0. The van der Waals surface area contributed by atoms with Crippen molar-refractivity contribution in [3.8, 4) is 0 Å². The summed E-state index contributed by atoms with van der Waals surface area (Å²) in [7, 11) is 0. The predicted molar refractivity (Wildman–Crippen MR) is 63.1 cm³/mol. The highest BCUT2D eigenvalue weighted by atomic mass is 19.1. The van der Waals surface area contributed by atoms with Crippen LogP contribution in [0.25, 0.3) is 0 Å². The Hall–Kier alpha value is -2.10. The van der Waals surface area contributed by atoms with E-state index in [2.05, 4.69) is 10.3 Å². The van der Waals surface area contributed by atoms with Gasteiger partial charge in [0.1, 0.15) is 11.6 Å². The summed E-state index contributed by atoms with van der Waals surface area (Å²) in [4.78, 5) is 4.12. The minimum absolute atomic E-state index is 0.316. The molecule has 0 saturated heterocycles. The number of anilines is 3. The number of benzene rings is 1. The largest absolute Gasteiger partial charge is 0.398 e. The Labute approximate surface area is 93.1 Å². The fraction of sp³-hybridized carbons (Fsp3) is 0.0833. The Morgan fingerprint density at radius 1 is 1.31 bits per heavy atom. The van der Waals surface area contributed by atoms with Crippen LogP contribution in [0.1, 0.15) is 5.56 Å². The monoisotopic (exact) mass is 217 g/mol. The van der Waals surface area contributed by atoms with Crippen molar-refractivity contribution in [2.45, 2.75) is 6.92 Å². The van der Waals surface area contributed by atoms with E-state index in [1.807, 2.05) is 6.92 Å². The molecular formula is C12H12FN3. The van der Waals surface area contributed by atoms with Crippen molar-refractivity contribution >= 4 is 17.2 Å². The number of aryl methyl sites for hydroxylation is 1. The average molecular weight is 217 g/mol. The van der Waals surface area contributed by atoms with Crippen LogP contribution in [-0.2, 0) is 0 Å². The van der Waals surface area contributed by atoms with E-state index < -0.39 is 0 Å². The molecule has 82 valence electrons. The number of para-hydroxylation sites is 1. The summed E-state index contributed by atoms with van der Waals surface area (Å²) < 4.78 is 13.3. The molecule has 0 bridgehead atoms. The standard InChI is InChI=1S/C12H12FN3/c1-8-7-15-12(6-10(8)14)16-11-5-3-2-4-9(11)13/h2-7H,1H3,(H3,14,15,16). The van der Waals surface area contributed by atoms with Crippen LogP contribution in [0, 0.1) is 12.7 Å². The molecule has 4 heteroatoms. The lowest BCUT2D eigenvalue weighted by molar-refractivity contribution is 0.632. The van der Waals surface area contributed by atoms with Crippen LogP contribution >= 0.6 is 0 Å². The topological polar surface area (TPSA) is 50.9 Å². The van der Waals surface area contributed by atoms with Gasteiger partial charge in [-0.2, -0.15) is 0 Å². The van der Waals surface area contributed by atoms with Gasteiger partial charge in [0.25, 0.3) is 0 Å². The Morgan fingerprint density at radius 2 is 2.06 bits per heavy atom. The highest BCUT2D eigenvalue weighted by Gasteiger charge is 2.02. The molecule has 2 aromatic rings. The Kier molecular flexibility index (Phi) is 2.72. The smallest absolute Gasteiger partial charge is 0.146 e. The van der Waals surface area contributed by atoms with Gasteiger partial charge in [-0.3, -0.25) is 0 Å². The molecule has 0 spiro atoms. The van der Waals surface area contributed by atoms with E-state index >= 15 is 0 Å². The molecule has 0 aliphatic rings. The van der Waals surface area contributed by atoms with Crippen LogP contribution in [0.2, 0.25) is 0 Å². The SMILES string of the molecule is Cc1cnc(Nc2ccccc2F)cc1N. The number of nitrogens with zero attached hydrogens (tertiary/aromatic N) is 1. The molecule has 16 heavy (non-hydrogen) atoms. The molecule has 0 radical (unpaired) electrons. The first-order valence-electron chi connectivity index (χ1n) is 4.90. The number of nitrogen functional groups attached to an aromatic ring is 1. The van der Waals surface area contributed by atoms with Gasteiger partial charge in [-0.05, 0) is 24.6 Å². The van der Waals surface area contributed by atoms with Gasteiger partial charge in [0.05, 0.1) is 5.69 Å².